The van der Waals surface area contributed by atoms with Crippen molar-refractivity contribution in [1.82, 2.24) is 16.0 Å². The van der Waals surface area contributed by atoms with Crippen molar-refractivity contribution in [2.45, 2.75) is 83.3 Å². The quantitative estimate of drug-likeness (QED) is 0.683. The van der Waals surface area contributed by atoms with Crippen LogP contribution in [-0.2, 0) is 4.79 Å². The van der Waals surface area contributed by atoms with Crippen molar-refractivity contribution < 1.29 is 9.59 Å². The second-order valence-electron chi connectivity index (χ2n) is 8.77. The van der Waals surface area contributed by atoms with Crippen LogP contribution in [-0.4, -0.2) is 24.0 Å². The Hall–Kier alpha value is -2.04. The highest BCUT2D eigenvalue weighted by molar-refractivity contribution is 5.79. The van der Waals surface area contributed by atoms with Gasteiger partial charge in [0.25, 0.3) is 0 Å². The molecule has 3 rings (SSSR count). The van der Waals surface area contributed by atoms with Gasteiger partial charge in [0, 0.05) is 18.0 Å². The molecule has 2 fully saturated rings. The van der Waals surface area contributed by atoms with Gasteiger partial charge in [-0.2, -0.15) is 0 Å². The number of hydrogen-bond acceptors (Lipinski definition) is 2. The van der Waals surface area contributed by atoms with E-state index in [1.165, 1.54) is 31.2 Å². The Morgan fingerprint density at radius 1 is 0.929 bits per heavy atom. The van der Waals surface area contributed by atoms with Crippen LogP contribution >= 0.6 is 0 Å². The Balaban J connectivity index is 1.57. The summed E-state index contributed by atoms with van der Waals surface area (Å²) in [7, 11) is 0. The van der Waals surface area contributed by atoms with E-state index in [-0.39, 0.29) is 36.0 Å². The normalized spacial score (nSPS) is 24.0. The molecule has 0 aromatic heterocycles. The van der Waals surface area contributed by atoms with Crippen molar-refractivity contribution in [2.24, 2.45) is 11.8 Å². The first kappa shape index (κ1) is 20.7. The molecule has 3 N–H and O–H groups in total. The summed E-state index contributed by atoms with van der Waals surface area (Å²) in [5.41, 5.74) is 1.18. The predicted octanol–water partition coefficient (Wildman–Crippen LogP) is 4.30. The molecular formula is C23H35N3O2. The second-order valence-corrected chi connectivity index (χ2v) is 8.77. The molecule has 5 nitrogen and oxygen atoms in total. The van der Waals surface area contributed by atoms with E-state index < -0.39 is 0 Å². The molecule has 5 heteroatoms. The summed E-state index contributed by atoms with van der Waals surface area (Å²) in [6, 6.07) is 10.5. The molecule has 2 saturated carbocycles. The molecule has 0 bridgehead atoms. The lowest BCUT2D eigenvalue weighted by Crippen LogP contribution is -2.48. The lowest BCUT2D eigenvalue weighted by Gasteiger charge is -2.31. The van der Waals surface area contributed by atoms with E-state index in [0.29, 0.717) is 5.92 Å². The van der Waals surface area contributed by atoms with Crippen LogP contribution in [0.4, 0.5) is 4.79 Å². The first-order chi connectivity index (χ1) is 13.5. The minimum absolute atomic E-state index is 0.00111. The van der Waals surface area contributed by atoms with E-state index in [2.05, 4.69) is 28.1 Å². The Morgan fingerprint density at radius 3 is 2.32 bits per heavy atom. The smallest absolute Gasteiger partial charge is 0.315 e. The molecule has 0 heterocycles. The van der Waals surface area contributed by atoms with Crippen LogP contribution in [0, 0.1) is 11.8 Å². The van der Waals surface area contributed by atoms with Gasteiger partial charge in [0.05, 0.1) is 6.04 Å². The van der Waals surface area contributed by atoms with Gasteiger partial charge >= 0.3 is 6.03 Å². The molecule has 1 aromatic carbocycles. The maximum absolute atomic E-state index is 12.8. The van der Waals surface area contributed by atoms with Crippen LogP contribution < -0.4 is 16.0 Å². The molecule has 28 heavy (non-hydrogen) atoms. The molecule has 3 unspecified atom stereocenters. The summed E-state index contributed by atoms with van der Waals surface area (Å²) in [5.74, 6) is 0.625. The fourth-order valence-electron chi connectivity index (χ4n) is 4.75. The van der Waals surface area contributed by atoms with Gasteiger partial charge in [-0.25, -0.2) is 4.79 Å². The number of urea groups is 1. The maximum atomic E-state index is 12.8. The number of nitrogens with one attached hydrogen (secondary N) is 3. The van der Waals surface area contributed by atoms with Crippen LogP contribution in [0.1, 0.15) is 76.8 Å². The second kappa shape index (κ2) is 9.94. The maximum Gasteiger partial charge on any atom is 0.315 e. The standard InChI is InChI=1S/C23H35N3O2/c1-16(2)24-22(27)19-13-8-14-20(15-19)25-23(28)26-21(18-11-6-7-12-18)17-9-4-3-5-10-17/h3-5,9-10,16,18-21H,6-8,11-15H2,1-2H3,(H,24,27)(H2,25,26,28). The monoisotopic (exact) mass is 385 g/mol. The van der Waals surface area contributed by atoms with Crippen LogP contribution in [0.2, 0.25) is 0 Å². The number of hydrogen-bond donors (Lipinski definition) is 3. The minimum atomic E-state index is -0.101. The predicted molar refractivity (Wildman–Crippen MR) is 112 cm³/mol. The van der Waals surface area contributed by atoms with Crippen LogP contribution in [0.15, 0.2) is 30.3 Å². The number of carbonyl (C=O) groups is 2. The third-order valence-corrected chi connectivity index (χ3v) is 6.13. The Bertz CT molecular complexity index is 641. The molecule has 2 aliphatic carbocycles. The van der Waals surface area contributed by atoms with E-state index in [1.54, 1.807) is 0 Å². The molecular weight excluding hydrogens is 350 g/mol. The van der Waals surface area contributed by atoms with Gasteiger partial charge in [-0.1, -0.05) is 49.6 Å². The summed E-state index contributed by atoms with van der Waals surface area (Å²) in [4.78, 5) is 25.1. The van der Waals surface area contributed by atoms with Gasteiger partial charge in [0.1, 0.15) is 0 Å². The third-order valence-electron chi connectivity index (χ3n) is 6.13. The molecule has 0 saturated heterocycles. The molecule has 0 aliphatic heterocycles. The fraction of sp³-hybridized carbons (Fsp3) is 0.652. The van der Waals surface area contributed by atoms with E-state index >= 15 is 0 Å². The molecule has 2 aliphatic rings. The zero-order valence-corrected chi connectivity index (χ0v) is 17.2. The zero-order valence-electron chi connectivity index (χ0n) is 17.2. The molecule has 1 aromatic rings. The van der Waals surface area contributed by atoms with Gasteiger partial charge in [-0.05, 0) is 57.4 Å². The Morgan fingerprint density at radius 2 is 1.64 bits per heavy atom. The van der Waals surface area contributed by atoms with Crippen molar-refractivity contribution in [2.75, 3.05) is 0 Å². The topological polar surface area (TPSA) is 70.2 Å². The van der Waals surface area contributed by atoms with Gasteiger partial charge < -0.3 is 16.0 Å². The third kappa shape index (κ3) is 5.73. The SMILES string of the molecule is CC(C)NC(=O)C1CCCC(NC(=O)NC(c2ccccc2)C2CCCC2)C1. The van der Waals surface area contributed by atoms with Crippen LogP contribution in [0.5, 0.6) is 0 Å². The largest absolute Gasteiger partial charge is 0.354 e. The van der Waals surface area contributed by atoms with E-state index in [9.17, 15) is 9.59 Å². The van der Waals surface area contributed by atoms with Crippen molar-refractivity contribution in [1.29, 1.82) is 0 Å². The van der Waals surface area contributed by atoms with Crippen molar-refractivity contribution in [3.8, 4) is 0 Å². The molecule has 3 atom stereocenters. The fourth-order valence-corrected chi connectivity index (χ4v) is 4.75. The van der Waals surface area contributed by atoms with Crippen molar-refractivity contribution >= 4 is 11.9 Å². The highest BCUT2D eigenvalue weighted by atomic mass is 16.2. The summed E-state index contributed by atoms with van der Waals surface area (Å²) < 4.78 is 0. The summed E-state index contributed by atoms with van der Waals surface area (Å²) in [6.45, 7) is 3.97. The molecule has 154 valence electrons. The lowest BCUT2D eigenvalue weighted by molar-refractivity contribution is -0.126. The number of amides is 3. The van der Waals surface area contributed by atoms with Crippen LogP contribution in [0.3, 0.4) is 0 Å². The first-order valence-electron chi connectivity index (χ1n) is 10.9. The Labute approximate surface area is 169 Å². The molecule has 0 spiro atoms. The molecule has 3 amide bonds. The van der Waals surface area contributed by atoms with Gasteiger partial charge in [0.2, 0.25) is 5.91 Å². The lowest BCUT2D eigenvalue weighted by atomic mass is 9.85. The minimum Gasteiger partial charge on any atom is -0.354 e. The van der Waals surface area contributed by atoms with E-state index in [1.807, 2.05) is 32.0 Å². The van der Waals surface area contributed by atoms with Gasteiger partial charge in [0.15, 0.2) is 0 Å². The summed E-state index contributed by atoms with van der Waals surface area (Å²) in [6.07, 6.45) is 8.38. The summed E-state index contributed by atoms with van der Waals surface area (Å²) in [5, 5.41) is 9.41. The van der Waals surface area contributed by atoms with Crippen LogP contribution in [0.25, 0.3) is 0 Å². The van der Waals surface area contributed by atoms with Gasteiger partial charge in [-0.3, -0.25) is 4.79 Å². The Kier molecular flexibility index (Phi) is 7.35. The van der Waals surface area contributed by atoms with E-state index in [4.69, 9.17) is 0 Å². The molecule has 0 radical (unpaired) electrons. The van der Waals surface area contributed by atoms with Crippen molar-refractivity contribution in [3.05, 3.63) is 35.9 Å². The van der Waals surface area contributed by atoms with Gasteiger partial charge in [-0.15, -0.1) is 0 Å². The average molecular weight is 386 g/mol. The van der Waals surface area contributed by atoms with E-state index in [0.717, 1.165) is 25.7 Å². The number of rotatable bonds is 6. The number of carbonyl (C=O) groups excluding carboxylic acids is 2. The number of benzene rings is 1. The van der Waals surface area contributed by atoms with Crippen molar-refractivity contribution in [3.63, 3.8) is 0 Å². The highest BCUT2D eigenvalue weighted by Gasteiger charge is 2.31. The zero-order chi connectivity index (χ0) is 19.9. The highest BCUT2D eigenvalue weighted by Crippen LogP contribution is 2.35. The summed E-state index contributed by atoms with van der Waals surface area (Å²) >= 11 is 0. The average Bonchev–Trinajstić information content (AvgIpc) is 3.21. The first-order valence-corrected chi connectivity index (χ1v) is 10.9.